The SMILES string of the molecule is CC(C)(C)NC(=O)OC1Cc2cnccc2NC1=O. The van der Waals surface area contributed by atoms with Crippen molar-refractivity contribution in [2.24, 2.45) is 0 Å². The molecule has 1 aromatic rings. The van der Waals surface area contributed by atoms with Gasteiger partial charge in [0.2, 0.25) is 0 Å². The first-order valence-corrected chi connectivity index (χ1v) is 6.08. The van der Waals surface area contributed by atoms with Gasteiger partial charge in [0.05, 0.1) is 0 Å². The molecule has 0 spiro atoms. The fraction of sp³-hybridized carbons (Fsp3) is 0.462. The van der Waals surface area contributed by atoms with E-state index in [-0.39, 0.29) is 5.91 Å². The zero-order valence-electron chi connectivity index (χ0n) is 11.2. The van der Waals surface area contributed by atoms with Gasteiger partial charge in [-0.15, -0.1) is 0 Å². The van der Waals surface area contributed by atoms with Gasteiger partial charge in [0.15, 0.2) is 6.10 Å². The van der Waals surface area contributed by atoms with Crippen molar-refractivity contribution in [3.05, 3.63) is 24.0 Å². The number of pyridine rings is 1. The van der Waals surface area contributed by atoms with Crippen LogP contribution >= 0.6 is 0 Å². The molecule has 0 radical (unpaired) electrons. The Morgan fingerprint density at radius 1 is 1.53 bits per heavy atom. The molecule has 1 unspecified atom stereocenters. The van der Waals surface area contributed by atoms with Crippen molar-refractivity contribution in [3.63, 3.8) is 0 Å². The van der Waals surface area contributed by atoms with Crippen molar-refractivity contribution in [1.29, 1.82) is 0 Å². The van der Waals surface area contributed by atoms with Crippen LogP contribution in [0.4, 0.5) is 10.5 Å². The van der Waals surface area contributed by atoms with E-state index in [1.807, 2.05) is 20.8 Å². The molecule has 2 N–H and O–H groups in total. The Hall–Kier alpha value is -2.11. The molecule has 1 aromatic heterocycles. The molecule has 1 aliphatic rings. The van der Waals surface area contributed by atoms with E-state index in [2.05, 4.69) is 15.6 Å². The number of ether oxygens (including phenoxy) is 1. The predicted octanol–water partition coefficient (Wildman–Crippen LogP) is 1.47. The lowest BCUT2D eigenvalue weighted by molar-refractivity contribution is -0.124. The minimum Gasteiger partial charge on any atom is -0.436 e. The number of carbonyl (C=O) groups is 2. The van der Waals surface area contributed by atoms with Crippen LogP contribution in [0.25, 0.3) is 0 Å². The number of hydrogen-bond donors (Lipinski definition) is 2. The Kier molecular flexibility index (Phi) is 3.42. The van der Waals surface area contributed by atoms with Crippen LogP contribution in [-0.2, 0) is 16.0 Å². The van der Waals surface area contributed by atoms with E-state index in [1.54, 1.807) is 18.5 Å². The molecule has 0 aliphatic carbocycles. The molecule has 6 heteroatoms. The average molecular weight is 263 g/mol. The number of alkyl carbamates (subject to hydrolysis) is 1. The Bertz CT molecular complexity index is 508. The van der Waals surface area contributed by atoms with Gasteiger partial charge >= 0.3 is 6.09 Å². The molecule has 1 atom stereocenters. The number of hydrogen-bond acceptors (Lipinski definition) is 4. The minimum atomic E-state index is -0.820. The Morgan fingerprint density at radius 2 is 2.26 bits per heavy atom. The lowest BCUT2D eigenvalue weighted by Gasteiger charge is -2.26. The maximum Gasteiger partial charge on any atom is 0.408 e. The van der Waals surface area contributed by atoms with Crippen molar-refractivity contribution in [3.8, 4) is 0 Å². The molecule has 0 fully saturated rings. The highest BCUT2D eigenvalue weighted by molar-refractivity contribution is 5.98. The third-order valence-corrected chi connectivity index (χ3v) is 2.59. The van der Waals surface area contributed by atoms with Gasteiger partial charge in [-0.3, -0.25) is 9.78 Å². The highest BCUT2D eigenvalue weighted by Crippen LogP contribution is 2.22. The second-order valence-electron chi connectivity index (χ2n) is 5.50. The number of nitrogens with one attached hydrogen (secondary N) is 2. The van der Waals surface area contributed by atoms with Gasteiger partial charge in [-0.25, -0.2) is 4.79 Å². The molecule has 2 rings (SSSR count). The summed E-state index contributed by atoms with van der Waals surface area (Å²) in [6, 6.07) is 1.72. The smallest absolute Gasteiger partial charge is 0.408 e. The molecular weight excluding hydrogens is 246 g/mol. The summed E-state index contributed by atoms with van der Waals surface area (Å²) < 4.78 is 5.15. The fourth-order valence-electron chi connectivity index (χ4n) is 1.78. The van der Waals surface area contributed by atoms with E-state index in [0.717, 1.165) is 11.3 Å². The third kappa shape index (κ3) is 3.43. The van der Waals surface area contributed by atoms with Crippen LogP contribution in [0.15, 0.2) is 18.5 Å². The highest BCUT2D eigenvalue weighted by atomic mass is 16.6. The van der Waals surface area contributed by atoms with E-state index >= 15 is 0 Å². The molecule has 0 aromatic carbocycles. The number of anilines is 1. The highest BCUT2D eigenvalue weighted by Gasteiger charge is 2.30. The van der Waals surface area contributed by atoms with E-state index in [1.165, 1.54) is 0 Å². The topological polar surface area (TPSA) is 80.3 Å². The van der Waals surface area contributed by atoms with Crippen molar-refractivity contribution >= 4 is 17.7 Å². The van der Waals surface area contributed by atoms with Crippen molar-refractivity contribution in [2.45, 2.75) is 38.8 Å². The Balaban J connectivity index is 2.03. The maximum atomic E-state index is 11.8. The molecule has 0 saturated heterocycles. The van der Waals surface area contributed by atoms with Crippen LogP contribution in [0.2, 0.25) is 0 Å². The molecule has 2 heterocycles. The molecular formula is C13H17N3O3. The fourth-order valence-corrected chi connectivity index (χ4v) is 1.78. The van der Waals surface area contributed by atoms with Crippen LogP contribution in [0, 0.1) is 0 Å². The maximum absolute atomic E-state index is 11.8. The summed E-state index contributed by atoms with van der Waals surface area (Å²) in [4.78, 5) is 27.5. The largest absolute Gasteiger partial charge is 0.436 e. The van der Waals surface area contributed by atoms with Crippen LogP contribution in [0.1, 0.15) is 26.3 Å². The second kappa shape index (κ2) is 4.87. The van der Waals surface area contributed by atoms with E-state index < -0.39 is 17.7 Å². The molecule has 102 valence electrons. The summed E-state index contributed by atoms with van der Waals surface area (Å²) in [5.74, 6) is -0.317. The molecule has 0 saturated carbocycles. The summed E-state index contributed by atoms with van der Waals surface area (Å²) in [7, 11) is 0. The summed E-state index contributed by atoms with van der Waals surface area (Å²) in [6.07, 6.45) is 2.19. The quantitative estimate of drug-likeness (QED) is 0.804. The normalized spacial score (nSPS) is 18.3. The van der Waals surface area contributed by atoms with Crippen LogP contribution in [-0.4, -0.2) is 28.6 Å². The van der Waals surface area contributed by atoms with Gasteiger partial charge in [0, 0.05) is 30.0 Å². The average Bonchev–Trinajstić information content (AvgIpc) is 2.27. The van der Waals surface area contributed by atoms with Gasteiger partial charge in [-0.1, -0.05) is 0 Å². The first-order valence-electron chi connectivity index (χ1n) is 6.08. The van der Waals surface area contributed by atoms with Gasteiger partial charge in [0.1, 0.15) is 0 Å². The first-order chi connectivity index (χ1) is 8.85. The summed E-state index contributed by atoms with van der Waals surface area (Å²) in [6.45, 7) is 5.53. The number of nitrogens with zero attached hydrogens (tertiary/aromatic N) is 1. The lowest BCUT2D eigenvalue weighted by Crippen LogP contribution is -2.46. The lowest BCUT2D eigenvalue weighted by atomic mass is 10.0. The van der Waals surface area contributed by atoms with Crippen molar-refractivity contribution < 1.29 is 14.3 Å². The molecule has 19 heavy (non-hydrogen) atoms. The predicted molar refractivity (Wildman–Crippen MR) is 69.7 cm³/mol. The zero-order valence-corrected chi connectivity index (χ0v) is 11.2. The third-order valence-electron chi connectivity index (χ3n) is 2.59. The van der Waals surface area contributed by atoms with E-state index in [9.17, 15) is 9.59 Å². The van der Waals surface area contributed by atoms with Crippen LogP contribution in [0.3, 0.4) is 0 Å². The Labute approximate surface area is 111 Å². The van der Waals surface area contributed by atoms with Crippen LogP contribution < -0.4 is 10.6 Å². The van der Waals surface area contributed by atoms with Gasteiger partial charge < -0.3 is 15.4 Å². The number of rotatable bonds is 1. The standard InChI is InChI=1S/C13H17N3O3/c1-13(2,3)16-12(18)19-10-6-8-7-14-5-4-9(8)15-11(10)17/h4-5,7,10H,6H2,1-3H3,(H,15,17)(H,16,18). The number of amides is 2. The zero-order chi connectivity index (χ0) is 14.0. The number of fused-ring (bicyclic) bond motifs is 1. The van der Waals surface area contributed by atoms with Crippen molar-refractivity contribution in [2.75, 3.05) is 5.32 Å². The van der Waals surface area contributed by atoms with Gasteiger partial charge in [-0.05, 0) is 32.4 Å². The van der Waals surface area contributed by atoms with Crippen molar-refractivity contribution in [1.82, 2.24) is 10.3 Å². The van der Waals surface area contributed by atoms with E-state index in [0.29, 0.717) is 6.42 Å². The number of carbonyl (C=O) groups excluding carboxylic acids is 2. The number of aromatic nitrogens is 1. The monoisotopic (exact) mass is 263 g/mol. The molecule has 1 aliphatic heterocycles. The second-order valence-corrected chi connectivity index (χ2v) is 5.50. The van der Waals surface area contributed by atoms with Gasteiger partial charge in [-0.2, -0.15) is 0 Å². The summed E-state index contributed by atoms with van der Waals surface area (Å²) in [5, 5.41) is 5.35. The first kappa shape index (κ1) is 13.3. The minimum absolute atomic E-state index is 0.317. The van der Waals surface area contributed by atoms with E-state index in [4.69, 9.17) is 4.74 Å². The summed E-state index contributed by atoms with van der Waals surface area (Å²) in [5.41, 5.74) is 1.17. The van der Waals surface area contributed by atoms with Gasteiger partial charge in [0.25, 0.3) is 5.91 Å². The Morgan fingerprint density at radius 3 is 2.95 bits per heavy atom. The molecule has 2 amide bonds. The molecule has 0 bridgehead atoms. The van der Waals surface area contributed by atoms with Crippen LogP contribution in [0.5, 0.6) is 0 Å². The summed E-state index contributed by atoms with van der Waals surface area (Å²) >= 11 is 0. The molecule has 6 nitrogen and oxygen atoms in total.